The van der Waals surface area contributed by atoms with Gasteiger partial charge in [-0.25, -0.2) is 0 Å². The van der Waals surface area contributed by atoms with E-state index in [1.807, 2.05) is 18.5 Å². The molecular weight excluding hydrogens is 220 g/mol. The summed E-state index contributed by atoms with van der Waals surface area (Å²) in [6.07, 6.45) is 12.9. The number of pyridine rings is 1. The lowest BCUT2D eigenvalue weighted by molar-refractivity contribution is 0.225. The fraction of sp³-hybridized carbons (Fsp3) is 0.562. The fourth-order valence-electron chi connectivity index (χ4n) is 4.54. The van der Waals surface area contributed by atoms with E-state index >= 15 is 0 Å². The van der Waals surface area contributed by atoms with Gasteiger partial charge in [-0.3, -0.25) is 4.98 Å². The largest absolute Gasteiger partial charge is 0.310 e. The number of nitrogens with one attached hydrogen (secondary N) is 1. The topological polar surface area (TPSA) is 24.9 Å². The predicted molar refractivity (Wildman–Crippen MR) is 71.8 cm³/mol. The third-order valence-corrected chi connectivity index (χ3v) is 5.29. The van der Waals surface area contributed by atoms with E-state index < -0.39 is 0 Å². The molecule has 0 spiro atoms. The highest BCUT2D eigenvalue weighted by atomic mass is 14.9. The fourth-order valence-corrected chi connectivity index (χ4v) is 4.54. The molecule has 0 aliphatic heterocycles. The highest BCUT2D eigenvalue weighted by Gasteiger charge is 2.51. The van der Waals surface area contributed by atoms with Gasteiger partial charge < -0.3 is 5.32 Å². The quantitative estimate of drug-likeness (QED) is 0.822. The van der Waals surface area contributed by atoms with Gasteiger partial charge in [0.15, 0.2) is 0 Å². The molecule has 18 heavy (non-hydrogen) atoms. The lowest BCUT2D eigenvalue weighted by atomic mass is 9.79. The number of rotatable bonds is 3. The van der Waals surface area contributed by atoms with Crippen LogP contribution in [0.25, 0.3) is 0 Å². The van der Waals surface area contributed by atoms with Crippen LogP contribution in [0.3, 0.4) is 0 Å². The maximum absolute atomic E-state index is 4.18. The van der Waals surface area contributed by atoms with E-state index in [-0.39, 0.29) is 0 Å². The van der Waals surface area contributed by atoms with Crippen LogP contribution in [0, 0.1) is 23.7 Å². The van der Waals surface area contributed by atoms with Crippen LogP contribution in [0.2, 0.25) is 0 Å². The Hall–Kier alpha value is -1.15. The Morgan fingerprint density at radius 1 is 1.28 bits per heavy atom. The Kier molecular flexibility index (Phi) is 2.51. The van der Waals surface area contributed by atoms with E-state index in [4.69, 9.17) is 0 Å². The lowest BCUT2D eigenvalue weighted by Crippen LogP contribution is -2.39. The Balaban J connectivity index is 1.40. The highest BCUT2D eigenvalue weighted by molar-refractivity contribution is 5.16. The second-order valence-corrected chi connectivity index (χ2v) is 6.15. The van der Waals surface area contributed by atoms with Gasteiger partial charge in [-0.1, -0.05) is 18.2 Å². The summed E-state index contributed by atoms with van der Waals surface area (Å²) in [5.41, 5.74) is 1.31. The third kappa shape index (κ3) is 1.63. The van der Waals surface area contributed by atoms with Gasteiger partial charge in [0, 0.05) is 25.0 Å². The van der Waals surface area contributed by atoms with Gasteiger partial charge in [0.1, 0.15) is 0 Å². The Morgan fingerprint density at radius 2 is 2.28 bits per heavy atom. The molecule has 0 saturated heterocycles. The summed E-state index contributed by atoms with van der Waals surface area (Å²) in [6, 6.07) is 4.93. The molecule has 2 bridgehead atoms. The molecule has 3 aliphatic rings. The van der Waals surface area contributed by atoms with Crippen LogP contribution in [0.15, 0.2) is 36.7 Å². The molecule has 2 nitrogen and oxygen atoms in total. The number of hydrogen-bond acceptors (Lipinski definition) is 2. The average molecular weight is 240 g/mol. The summed E-state index contributed by atoms with van der Waals surface area (Å²) in [6.45, 7) is 0.979. The van der Waals surface area contributed by atoms with Crippen LogP contribution in [0.4, 0.5) is 0 Å². The minimum Gasteiger partial charge on any atom is -0.310 e. The van der Waals surface area contributed by atoms with Gasteiger partial charge >= 0.3 is 0 Å². The van der Waals surface area contributed by atoms with Crippen LogP contribution in [0.1, 0.15) is 24.8 Å². The first kappa shape index (κ1) is 10.7. The standard InChI is InChI=1S/C16H20N2/c1-4-13-12-7-15(14(13)5-1)16(8-12)18-10-11-3-2-6-17-9-11/h1-4,6,9,12-16,18H,5,7-8,10H2. The number of fused-ring (bicyclic) bond motifs is 5. The number of hydrogen-bond donors (Lipinski definition) is 1. The number of nitrogens with zero attached hydrogens (tertiary/aromatic N) is 1. The highest BCUT2D eigenvalue weighted by Crippen LogP contribution is 2.56. The van der Waals surface area contributed by atoms with Gasteiger partial charge in [0.25, 0.3) is 0 Å². The Morgan fingerprint density at radius 3 is 3.17 bits per heavy atom. The second-order valence-electron chi connectivity index (χ2n) is 6.15. The normalized spacial score (nSPS) is 40.3. The maximum atomic E-state index is 4.18. The lowest BCUT2D eigenvalue weighted by Gasteiger charge is -2.32. The van der Waals surface area contributed by atoms with Crippen molar-refractivity contribution >= 4 is 0 Å². The first-order valence-corrected chi connectivity index (χ1v) is 7.21. The molecule has 3 aliphatic carbocycles. The zero-order valence-corrected chi connectivity index (χ0v) is 10.6. The molecule has 4 rings (SSSR count). The van der Waals surface area contributed by atoms with E-state index in [1.54, 1.807) is 0 Å². The van der Waals surface area contributed by atoms with Crippen molar-refractivity contribution in [2.75, 3.05) is 0 Å². The van der Waals surface area contributed by atoms with Crippen molar-refractivity contribution in [2.45, 2.75) is 31.8 Å². The summed E-state index contributed by atoms with van der Waals surface area (Å²) < 4.78 is 0. The van der Waals surface area contributed by atoms with E-state index in [9.17, 15) is 0 Å². The first-order valence-electron chi connectivity index (χ1n) is 7.21. The summed E-state index contributed by atoms with van der Waals surface area (Å²) in [7, 11) is 0. The molecule has 1 heterocycles. The molecule has 0 aromatic carbocycles. The minimum atomic E-state index is 0.747. The van der Waals surface area contributed by atoms with Crippen molar-refractivity contribution in [2.24, 2.45) is 23.7 Å². The molecule has 0 amide bonds. The Labute approximate surface area is 109 Å². The monoisotopic (exact) mass is 240 g/mol. The number of allylic oxidation sites excluding steroid dienone is 2. The molecule has 1 N–H and O–H groups in total. The average Bonchev–Trinajstić information content (AvgIpc) is 3.09. The van der Waals surface area contributed by atoms with Crippen molar-refractivity contribution in [1.82, 2.24) is 10.3 Å². The van der Waals surface area contributed by atoms with Crippen LogP contribution < -0.4 is 5.32 Å². The predicted octanol–water partition coefficient (Wildman–Crippen LogP) is 2.77. The smallest absolute Gasteiger partial charge is 0.0312 e. The second kappa shape index (κ2) is 4.20. The molecule has 5 unspecified atom stereocenters. The van der Waals surface area contributed by atoms with Gasteiger partial charge in [-0.05, 0) is 54.6 Å². The van der Waals surface area contributed by atoms with E-state index in [1.165, 1.54) is 24.8 Å². The van der Waals surface area contributed by atoms with Crippen molar-refractivity contribution in [1.29, 1.82) is 0 Å². The van der Waals surface area contributed by atoms with Crippen molar-refractivity contribution in [3.8, 4) is 0 Å². The molecular formula is C16H20N2. The zero-order chi connectivity index (χ0) is 11.9. The van der Waals surface area contributed by atoms with Gasteiger partial charge in [-0.15, -0.1) is 0 Å². The molecule has 0 radical (unpaired) electrons. The van der Waals surface area contributed by atoms with E-state index in [0.29, 0.717) is 0 Å². The van der Waals surface area contributed by atoms with E-state index in [2.05, 4.69) is 28.5 Å². The maximum Gasteiger partial charge on any atom is 0.0312 e. The van der Waals surface area contributed by atoms with Crippen LogP contribution >= 0.6 is 0 Å². The minimum absolute atomic E-state index is 0.747. The summed E-state index contributed by atoms with van der Waals surface area (Å²) in [5.74, 6) is 3.76. The summed E-state index contributed by atoms with van der Waals surface area (Å²) in [4.78, 5) is 4.18. The summed E-state index contributed by atoms with van der Waals surface area (Å²) >= 11 is 0. The zero-order valence-electron chi connectivity index (χ0n) is 10.6. The first-order chi connectivity index (χ1) is 8.92. The van der Waals surface area contributed by atoms with Crippen molar-refractivity contribution < 1.29 is 0 Å². The summed E-state index contributed by atoms with van der Waals surface area (Å²) in [5, 5.41) is 3.77. The van der Waals surface area contributed by atoms with Gasteiger partial charge in [0.05, 0.1) is 0 Å². The third-order valence-electron chi connectivity index (χ3n) is 5.29. The number of aromatic nitrogens is 1. The molecule has 94 valence electrons. The van der Waals surface area contributed by atoms with Crippen LogP contribution in [0.5, 0.6) is 0 Å². The Bertz CT molecular complexity index is 453. The molecule has 2 heteroatoms. The van der Waals surface area contributed by atoms with Crippen LogP contribution in [-0.2, 0) is 6.54 Å². The molecule has 2 fully saturated rings. The van der Waals surface area contributed by atoms with E-state index in [0.717, 1.165) is 36.3 Å². The van der Waals surface area contributed by atoms with Crippen LogP contribution in [-0.4, -0.2) is 11.0 Å². The van der Waals surface area contributed by atoms with Gasteiger partial charge in [0.2, 0.25) is 0 Å². The molecule has 5 atom stereocenters. The molecule has 1 aromatic heterocycles. The SMILES string of the molecule is C1=CC2C3CC(NCc4cccnc4)C(C3)C2C1. The van der Waals surface area contributed by atoms with Gasteiger partial charge in [-0.2, -0.15) is 0 Å². The van der Waals surface area contributed by atoms with Crippen molar-refractivity contribution in [3.05, 3.63) is 42.2 Å². The molecule has 1 aromatic rings. The molecule has 2 saturated carbocycles. The van der Waals surface area contributed by atoms with Crippen molar-refractivity contribution in [3.63, 3.8) is 0 Å².